The fourth-order valence-corrected chi connectivity index (χ4v) is 3.70. The Morgan fingerprint density at radius 2 is 2.04 bits per heavy atom. The first-order chi connectivity index (χ1) is 12.2. The molecule has 0 radical (unpaired) electrons. The molecule has 0 saturated carbocycles. The summed E-state index contributed by atoms with van der Waals surface area (Å²) in [6.07, 6.45) is 9.38. The van der Waals surface area contributed by atoms with Crippen LogP contribution in [-0.2, 0) is 19.4 Å². The molecule has 2 aliphatic rings. The molecule has 0 N–H and O–H groups in total. The third-order valence-electron chi connectivity index (χ3n) is 5.14. The average molecular weight is 339 g/mol. The molecule has 1 fully saturated rings. The molecule has 1 aliphatic heterocycles. The smallest absolute Gasteiger partial charge is 0.274 e. The number of hydrogen-bond donors (Lipinski definition) is 0. The van der Waals surface area contributed by atoms with Crippen molar-refractivity contribution in [2.75, 3.05) is 13.1 Å². The second-order valence-electron chi connectivity index (χ2n) is 6.82. The molecule has 3 heterocycles. The van der Waals surface area contributed by atoms with Crippen LogP contribution in [0, 0.1) is 5.92 Å². The van der Waals surface area contributed by atoms with Gasteiger partial charge in [-0.3, -0.25) is 14.6 Å². The van der Waals surface area contributed by atoms with Gasteiger partial charge in [0, 0.05) is 38.1 Å². The maximum atomic E-state index is 12.4. The molecule has 0 bridgehead atoms. The number of carbonyl (C=O) groups excluding carboxylic acids is 1. The zero-order valence-corrected chi connectivity index (χ0v) is 14.1. The molecule has 7 heteroatoms. The maximum absolute atomic E-state index is 12.4. The predicted molar refractivity (Wildman–Crippen MR) is 91.2 cm³/mol. The molecule has 1 amide bonds. The minimum Gasteiger partial charge on any atom is -0.337 e. The number of hydrogen-bond acceptors (Lipinski definition) is 5. The molecular formula is C18H21N5O2. The zero-order chi connectivity index (χ0) is 17.2. The summed E-state index contributed by atoms with van der Waals surface area (Å²) in [5.74, 6) is 0.301. The number of aryl methyl sites for hydroxylation is 2. The van der Waals surface area contributed by atoms with Crippen LogP contribution in [0.3, 0.4) is 0 Å². The van der Waals surface area contributed by atoms with E-state index < -0.39 is 0 Å². The Kier molecular flexibility index (Phi) is 4.29. The van der Waals surface area contributed by atoms with Crippen molar-refractivity contribution in [1.29, 1.82) is 0 Å². The van der Waals surface area contributed by atoms with E-state index in [0.717, 1.165) is 43.4 Å². The molecule has 130 valence electrons. The first kappa shape index (κ1) is 15.9. The number of carbonyl (C=O) groups is 1. The van der Waals surface area contributed by atoms with Gasteiger partial charge in [-0.05, 0) is 43.6 Å². The summed E-state index contributed by atoms with van der Waals surface area (Å²) in [6, 6.07) is 1.75. The van der Waals surface area contributed by atoms with Gasteiger partial charge in [-0.15, -0.1) is 0 Å². The largest absolute Gasteiger partial charge is 0.337 e. The summed E-state index contributed by atoms with van der Waals surface area (Å²) in [5.41, 5.74) is 2.58. The summed E-state index contributed by atoms with van der Waals surface area (Å²) < 4.78 is 1.62. The molecule has 1 saturated heterocycles. The minimum absolute atomic E-state index is 0.00119. The first-order valence-corrected chi connectivity index (χ1v) is 8.86. The Hall–Kier alpha value is -2.57. The SMILES string of the molecule is O=C(c1cnccn1)N1CCC(Cn2nc3c(cc2=O)CCC3)CC1. The Balaban J connectivity index is 1.38. The van der Waals surface area contributed by atoms with E-state index in [1.54, 1.807) is 16.9 Å². The summed E-state index contributed by atoms with van der Waals surface area (Å²) >= 11 is 0. The summed E-state index contributed by atoms with van der Waals surface area (Å²) in [4.78, 5) is 34.5. The highest BCUT2D eigenvalue weighted by atomic mass is 16.2. The van der Waals surface area contributed by atoms with E-state index in [1.807, 2.05) is 4.90 Å². The van der Waals surface area contributed by atoms with E-state index in [9.17, 15) is 9.59 Å². The van der Waals surface area contributed by atoms with E-state index >= 15 is 0 Å². The predicted octanol–water partition coefficient (Wildman–Crippen LogP) is 1.07. The van der Waals surface area contributed by atoms with Gasteiger partial charge < -0.3 is 4.90 Å². The highest BCUT2D eigenvalue weighted by Crippen LogP contribution is 2.21. The number of fused-ring (bicyclic) bond motifs is 1. The van der Waals surface area contributed by atoms with Gasteiger partial charge in [-0.2, -0.15) is 5.10 Å². The molecule has 4 rings (SSSR count). The van der Waals surface area contributed by atoms with Crippen molar-refractivity contribution < 1.29 is 4.79 Å². The van der Waals surface area contributed by atoms with Gasteiger partial charge in [0.2, 0.25) is 0 Å². The first-order valence-electron chi connectivity index (χ1n) is 8.86. The fourth-order valence-electron chi connectivity index (χ4n) is 3.70. The third-order valence-corrected chi connectivity index (χ3v) is 5.14. The quantitative estimate of drug-likeness (QED) is 0.836. The van der Waals surface area contributed by atoms with E-state index in [2.05, 4.69) is 15.1 Å². The zero-order valence-electron chi connectivity index (χ0n) is 14.1. The monoisotopic (exact) mass is 339 g/mol. The number of rotatable bonds is 3. The lowest BCUT2D eigenvalue weighted by Gasteiger charge is -2.31. The average Bonchev–Trinajstić information content (AvgIpc) is 3.10. The van der Waals surface area contributed by atoms with Crippen LogP contribution in [0.4, 0.5) is 0 Å². The third kappa shape index (κ3) is 3.31. The van der Waals surface area contributed by atoms with Crippen molar-refractivity contribution >= 4 is 5.91 Å². The Bertz CT molecular complexity index is 825. The lowest BCUT2D eigenvalue weighted by atomic mass is 9.96. The topological polar surface area (TPSA) is 81.0 Å². The molecule has 0 atom stereocenters. The van der Waals surface area contributed by atoms with Crippen LogP contribution >= 0.6 is 0 Å². The number of amides is 1. The van der Waals surface area contributed by atoms with Gasteiger partial charge in [0.1, 0.15) is 5.69 Å². The van der Waals surface area contributed by atoms with E-state index in [4.69, 9.17) is 0 Å². The van der Waals surface area contributed by atoms with Crippen LogP contribution < -0.4 is 5.56 Å². The maximum Gasteiger partial charge on any atom is 0.274 e. The van der Waals surface area contributed by atoms with E-state index in [0.29, 0.717) is 31.2 Å². The Morgan fingerprint density at radius 1 is 1.20 bits per heavy atom. The van der Waals surface area contributed by atoms with Crippen LogP contribution in [0.25, 0.3) is 0 Å². The number of aromatic nitrogens is 4. The van der Waals surface area contributed by atoms with Crippen LogP contribution in [0.15, 0.2) is 29.5 Å². The summed E-state index contributed by atoms with van der Waals surface area (Å²) in [5, 5.41) is 4.55. The molecule has 2 aromatic rings. The number of nitrogens with zero attached hydrogens (tertiary/aromatic N) is 5. The van der Waals surface area contributed by atoms with Gasteiger partial charge >= 0.3 is 0 Å². The highest BCUT2D eigenvalue weighted by Gasteiger charge is 2.25. The normalized spacial score (nSPS) is 17.5. The van der Waals surface area contributed by atoms with Crippen molar-refractivity contribution in [1.82, 2.24) is 24.6 Å². The van der Waals surface area contributed by atoms with Crippen molar-refractivity contribution in [3.05, 3.63) is 52.0 Å². The van der Waals surface area contributed by atoms with Crippen molar-refractivity contribution in [2.24, 2.45) is 5.92 Å². The van der Waals surface area contributed by atoms with Crippen LogP contribution in [-0.4, -0.2) is 43.6 Å². The van der Waals surface area contributed by atoms with Gasteiger partial charge in [-0.25, -0.2) is 9.67 Å². The summed E-state index contributed by atoms with van der Waals surface area (Å²) in [6.45, 7) is 2.00. The van der Waals surface area contributed by atoms with Crippen molar-refractivity contribution in [3.8, 4) is 0 Å². The molecule has 0 spiro atoms. The van der Waals surface area contributed by atoms with Gasteiger partial charge in [-0.1, -0.05) is 0 Å². The highest BCUT2D eigenvalue weighted by molar-refractivity contribution is 5.91. The standard InChI is InChI=1S/C18H21N5O2/c24-17-10-14-2-1-3-15(14)21-23(17)12-13-4-8-22(9-5-13)18(25)16-11-19-6-7-20-16/h6-7,10-11,13H,1-5,8-9,12H2. The minimum atomic E-state index is -0.0700. The van der Waals surface area contributed by atoms with Crippen LogP contribution in [0.5, 0.6) is 0 Å². The Morgan fingerprint density at radius 3 is 2.80 bits per heavy atom. The van der Waals surface area contributed by atoms with Gasteiger partial charge in [0.15, 0.2) is 0 Å². The number of piperidine rings is 1. The molecule has 7 nitrogen and oxygen atoms in total. The molecular weight excluding hydrogens is 318 g/mol. The number of likely N-dealkylation sites (tertiary alicyclic amines) is 1. The molecule has 2 aromatic heterocycles. The van der Waals surface area contributed by atoms with Gasteiger partial charge in [0.05, 0.1) is 11.9 Å². The lowest BCUT2D eigenvalue weighted by Crippen LogP contribution is -2.40. The molecule has 0 unspecified atom stereocenters. The van der Waals surface area contributed by atoms with Gasteiger partial charge in [0.25, 0.3) is 11.5 Å². The second-order valence-corrected chi connectivity index (χ2v) is 6.82. The van der Waals surface area contributed by atoms with Crippen LogP contribution in [0.1, 0.15) is 41.0 Å². The molecule has 25 heavy (non-hydrogen) atoms. The lowest BCUT2D eigenvalue weighted by molar-refractivity contribution is 0.0674. The second kappa shape index (κ2) is 6.74. The van der Waals surface area contributed by atoms with Crippen molar-refractivity contribution in [3.63, 3.8) is 0 Å². The molecule has 0 aromatic carbocycles. The fraction of sp³-hybridized carbons (Fsp3) is 0.500. The van der Waals surface area contributed by atoms with E-state index in [1.165, 1.54) is 12.4 Å². The summed E-state index contributed by atoms with van der Waals surface area (Å²) in [7, 11) is 0. The molecule has 1 aliphatic carbocycles. The van der Waals surface area contributed by atoms with Crippen LogP contribution in [0.2, 0.25) is 0 Å². The van der Waals surface area contributed by atoms with Crippen molar-refractivity contribution in [2.45, 2.75) is 38.6 Å². The Labute approximate surface area is 145 Å². The van der Waals surface area contributed by atoms with E-state index in [-0.39, 0.29) is 11.5 Å².